The number of carbonyl (C=O) groups is 1. The highest BCUT2D eigenvalue weighted by atomic mass is 16.1. The summed E-state index contributed by atoms with van der Waals surface area (Å²) < 4.78 is 0. The van der Waals surface area contributed by atoms with Gasteiger partial charge in [0.05, 0.1) is 0 Å². The lowest BCUT2D eigenvalue weighted by molar-refractivity contribution is 0.0957. The van der Waals surface area contributed by atoms with Gasteiger partial charge in [0.25, 0.3) is 5.91 Å². The number of hydrogen-bond donors (Lipinski definition) is 3. The SMILES string of the molecule is CNC(=O)c1ccc(NCC2CCCN2)nn1. The summed E-state index contributed by atoms with van der Waals surface area (Å²) in [7, 11) is 1.57. The largest absolute Gasteiger partial charge is 0.367 e. The third kappa shape index (κ3) is 3.13. The molecule has 1 aliphatic heterocycles. The van der Waals surface area contributed by atoms with Crippen molar-refractivity contribution in [3.8, 4) is 0 Å². The van der Waals surface area contributed by atoms with E-state index >= 15 is 0 Å². The first-order chi connectivity index (χ1) is 8.29. The lowest BCUT2D eigenvalue weighted by Gasteiger charge is -2.11. The molecule has 6 heteroatoms. The maximum Gasteiger partial charge on any atom is 0.271 e. The maximum atomic E-state index is 11.2. The maximum absolute atomic E-state index is 11.2. The standard InChI is InChI=1S/C11H17N5O/c1-12-11(17)9-4-5-10(16-15-9)14-7-8-3-2-6-13-8/h4-5,8,13H,2-3,6-7H2,1H3,(H,12,17)(H,14,16). The smallest absolute Gasteiger partial charge is 0.271 e. The molecule has 1 unspecified atom stereocenters. The Kier molecular flexibility index (Phi) is 3.87. The Hall–Kier alpha value is -1.69. The average molecular weight is 235 g/mol. The number of aromatic nitrogens is 2. The molecule has 1 fully saturated rings. The van der Waals surface area contributed by atoms with E-state index in [9.17, 15) is 4.79 Å². The van der Waals surface area contributed by atoms with Crippen LogP contribution < -0.4 is 16.0 Å². The molecule has 0 bridgehead atoms. The van der Waals surface area contributed by atoms with Crippen molar-refractivity contribution in [3.05, 3.63) is 17.8 Å². The zero-order valence-electron chi connectivity index (χ0n) is 9.86. The Morgan fingerprint density at radius 1 is 1.53 bits per heavy atom. The van der Waals surface area contributed by atoms with Crippen molar-refractivity contribution >= 4 is 11.7 Å². The van der Waals surface area contributed by atoms with Crippen molar-refractivity contribution in [2.75, 3.05) is 25.5 Å². The van der Waals surface area contributed by atoms with Crippen molar-refractivity contribution in [2.24, 2.45) is 0 Å². The second-order valence-electron chi connectivity index (χ2n) is 4.06. The first-order valence-electron chi connectivity index (χ1n) is 5.82. The Morgan fingerprint density at radius 3 is 3.00 bits per heavy atom. The van der Waals surface area contributed by atoms with E-state index in [0.717, 1.165) is 13.1 Å². The minimum absolute atomic E-state index is 0.221. The molecule has 1 aromatic heterocycles. The molecular formula is C11H17N5O. The molecule has 1 saturated heterocycles. The van der Waals surface area contributed by atoms with Crippen LogP contribution in [0.4, 0.5) is 5.82 Å². The van der Waals surface area contributed by atoms with Gasteiger partial charge in [0.1, 0.15) is 5.82 Å². The van der Waals surface area contributed by atoms with Gasteiger partial charge < -0.3 is 16.0 Å². The highest BCUT2D eigenvalue weighted by Crippen LogP contribution is 2.07. The minimum Gasteiger partial charge on any atom is -0.367 e. The molecule has 1 aromatic rings. The van der Waals surface area contributed by atoms with Crippen LogP contribution in [0.3, 0.4) is 0 Å². The van der Waals surface area contributed by atoms with Crippen molar-refractivity contribution in [1.29, 1.82) is 0 Å². The van der Waals surface area contributed by atoms with Gasteiger partial charge in [-0.1, -0.05) is 0 Å². The van der Waals surface area contributed by atoms with Crippen LogP contribution in [0.25, 0.3) is 0 Å². The van der Waals surface area contributed by atoms with E-state index in [1.54, 1.807) is 19.2 Å². The molecule has 6 nitrogen and oxygen atoms in total. The van der Waals surface area contributed by atoms with Crippen LogP contribution in [0.2, 0.25) is 0 Å². The van der Waals surface area contributed by atoms with E-state index < -0.39 is 0 Å². The summed E-state index contributed by atoms with van der Waals surface area (Å²) >= 11 is 0. The number of anilines is 1. The van der Waals surface area contributed by atoms with Gasteiger partial charge in [-0.2, -0.15) is 0 Å². The topological polar surface area (TPSA) is 78.9 Å². The number of nitrogens with one attached hydrogen (secondary N) is 3. The van der Waals surface area contributed by atoms with Crippen molar-refractivity contribution in [2.45, 2.75) is 18.9 Å². The molecule has 0 spiro atoms. The van der Waals surface area contributed by atoms with E-state index in [1.807, 2.05) is 0 Å². The molecule has 0 saturated carbocycles. The number of rotatable bonds is 4. The van der Waals surface area contributed by atoms with Crippen LogP contribution in [-0.2, 0) is 0 Å². The number of carbonyl (C=O) groups excluding carboxylic acids is 1. The lowest BCUT2D eigenvalue weighted by atomic mass is 10.2. The Balaban J connectivity index is 1.87. The highest BCUT2D eigenvalue weighted by Gasteiger charge is 2.13. The zero-order valence-corrected chi connectivity index (χ0v) is 9.86. The van der Waals surface area contributed by atoms with Gasteiger partial charge in [0.2, 0.25) is 0 Å². The van der Waals surface area contributed by atoms with E-state index in [-0.39, 0.29) is 5.91 Å². The molecule has 0 aliphatic carbocycles. The summed E-state index contributed by atoms with van der Waals surface area (Å²) in [5.74, 6) is 0.480. The Bertz CT molecular complexity index is 372. The molecular weight excluding hydrogens is 218 g/mol. The van der Waals surface area contributed by atoms with E-state index in [0.29, 0.717) is 17.6 Å². The van der Waals surface area contributed by atoms with Crippen LogP contribution in [0.1, 0.15) is 23.3 Å². The Labute approximate surface area is 100 Å². The van der Waals surface area contributed by atoms with Gasteiger partial charge in [0.15, 0.2) is 5.69 Å². The monoisotopic (exact) mass is 235 g/mol. The van der Waals surface area contributed by atoms with Crippen LogP contribution in [0.15, 0.2) is 12.1 Å². The highest BCUT2D eigenvalue weighted by molar-refractivity contribution is 5.91. The van der Waals surface area contributed by atoms with E-state index in [2.05, 4.69) is 26.1 Å². The first-order valence-corrected chi connectivity index (χ1v) is 5.82. The summed E-state index contributed by atoms with van der Waals surface area (Å²) in [6.45, 7) is 1.93. The molecule has 0 radical (unpaired) electrons. The molecule has 3 N–H and O–H groups in total. The van der Waals surface area contributed by atoms with Crippen LogP contribution in [0, 0.1) is 0 Å². The van der Waals surface area contributed by atoms with Crippen molar-refractivity contribution in [1.82, 2.24) is 20.8 Å². The van der Waals surface area contributed by atoms with Crippen molar-refractivity contribution in [3.63, 3.8) is 0 Å². The fraction of sp³-hybridized carbons (Fsp3) is 0.545. The molecule has 2 rings (SSSR count). The average Bonchev–Trinajstić information content (AvgIpc) is 2.89. The van der Waals surface area contributed by atoms with Crippen molar-refractivity contribution < 1.29 is 4.79 Å². The second kappa shape index (κ2) is 5.58. The summed E-state index contributed by atoms with van der Waals surface area (Å²) in [6.07, 6.45) is 2.42. The van der Waals surface area contributed by atoms with Gasteiger partial charge in [-0.15, -0.1) is 10.2 Å². The summed E-state index contributed by atoms with van der Waals surface area (Å²) in [5, 5.41) is 16.9. The predicted molar refractivity (Wildman–Crippen MR) is 64.9 cm³/mol. The van der Waals surface area contributed by atoms with E-state index in [4.69, 9.17) is 0 Å². The van der Waals surface area contributed by atoms with Gasteiger partial charge in [-0.3, -0.25) is 4.79 Å². The van der Waals surface area contributed by atoms with Crippen LogP contribution >= 0.6 is 0 Å². The van der Waals surface area contributed by atoms with Crippen LogP contribution in [-0.4, -0.2) is 42.3 Å². The number of amides is 1. The van der Waals surface area contributed by atoms with Gasteiger partial charge in [-0.05, 0) is 31.5 Å². The van der Waals surface area contributed by atoms with Gasteiger partial charge >= 0.3 is 0 Å². The molecule has 0 aromatic carbocycles. The predicted octanol–water partition coefficient (Wildman–Crippen LogP) is 0.0001000. The molecule has 2 heterocycles. The lowest BCUT2D eigenvalue weighted by Crippen LogP contribution is -2.29. The quantitative estimate of drug-likeness (QED) is 0.684. The fourth-order valence-electron chi connectivity index (χ4n) is 1.83. The zero-order chi connectivity index (χ0) is 12.1. The molecule has 92 valence electrons. The molecule has 1 aliphatic rings. The van der Waals surface area contributed by atoms with Gasteiger partial charge in [0, 0.05) is 19.6 Å². The summed E-state index contributed by atoms with van der Waals surface area (Å²) in [5.41, 5.74) is 0.331. The number of hydrogen-bond acceptors (Lipinski definition) is 5. The fourth-order valence-corrected chi connectivity index (χ4v) is 1.83. The number of nitrogens with zero attached hydrogens (tertiary/aromatic N) is 2. The summed E-state index contributed by atoms with van der Waals surface area (Å²) in [6, 6.07) is 3.94. The second-order valence-corrected chi connectivity index (χ2v) is 4.06. The third-order valence-corrected chi connectivity index (χ3v) is 2.82. The third-order valence-electron chi connectivity index (χ3n) is 2.82. The summed E-state index contributed by atoms with van der Waals surface area (Å²) in [4.78, 5) is 11.2. The normalized spacial score (nSPS) is 19.0. The van der Waals surface area contributed by atoms with Gasteiger partial charge in [-0.25, -0.2) is 0 Å². The first kappa shape index (κ1) is 11.8. The Morgan fingerprint density at radius 2 is 2.41 bits per heavy atom. The van der Waals surface area contributed by atoms with Crippen LogP contribution in [0.5, 0.6) is 0 Å². The molecule has 17 heavy (non-hydrogen) atoms. The minimum atomic E-state index is -0.221. The van der Waals surface area contributed by atoms with E-state index in [1.165, 1.54) is 12.8 Å². The molecule has 1 amide bonds. The molecule has 1 atom stereocenters.